The average Bonchev–Trinajstić information content (AvgIpc) is 3.13. The number of carboxylic acids is 1. The van der Waals surface area contributed by atoms with Crippen molar-refractivity contribution >= 4 is 16.9 Å². The summed E-state index contributed by atoms with van der Waals surface area (Å²) in [7, 11) is 0. The molecule has 2 fully saturated rings. The van der Waals surface area contributed by atoms with Crippen LogP contribution >= 0.6 is 0 Å². The van der Waals surface area contributed by atoms with E-state index in [-0.39, 0.29) is 12.0 Å². The Morgan fingerprint density at radius 1 is 1.35 bits per heavy atom. The number of hydrogen-bond donors (Lipinski definition) is 1. The van der Waals surface area contributed by atoms with Crippen LogP contribution in [0.4, 0.5) is 0 Å². The fourth-order valence-electron chi connectivity index (χ4n) is 3.97. The van der Waals surface area contributed by atoms with Crippen molar-refractivity contribution in [1.29, 1.82) is 0 Å². The largest absolute Gasteiger partial charge is 0.481 e. The van der Waals surface area contributed by atoms with Crippen molar-refractivity contribution in [2.75, 3.05) is 0 Å². The van der Waals surface area contributed by atoms with Gasteiger partial charge in [-0.05, 0) is 25.3 Å². The van der Waals surface area contributed by atoms with Gasteiger partial charge in [0.2, 0.25) is 0 Å². The van der Waals surface area contributed by atoms with Crippen molar-refractivity contribution in [3.05, 3.63) is 36.1 Å². The fraction of sp³-hybridized carbons (Fsp3) is 0.438. The molecule has 1 aromatic heterocycles. The summed E-state index contributed by atoms with van der Waals surface area (Å²) in [4.78, 5) is 13.7. The van der Waals surface area contributed by atoms with Gasteiger partial charge in [0.1, 0.15) is 5.58 Å². The Bertz CT molecular complexity index is 663. The Balaban J connectivity index is 1.62. The van der Waals surface area contributed by atoms with Crippen molar-refractivity contribution in [1.82, 2.24) is 4.90 Å². The van der Waals surface area contributed by atoms with Gasteiger partial charge in [-0.25, -0.2) is 0 Å². The number of benzene rings is 1. The number of furan rings is 1. The van der Waals surface area contributed by atoms with Gasteiger partial charge in [0, 0.05) is 29.6 Å². The molecule has 4 heteroatoms. The van der Waals surface area contributed by atoms with Gasteiger partial charge in [-0.3, -0.25) is 9.69 Å². The Morgan fingerprint density at radius 3 is 3.00 bits per heavy atom. The Labute approximate surface area is 117 Å². The van der Waals surface area contributed by atoms with Crippen LogP contribution in [-0.2, 0) is 11.3 Å². The van der Waals surface area contributed by atoms with Gasteiger partial charge < -0.3 is 9.52 Å². The first kappa shape index (κ1) is 12.0. The monoisotopic (exact) mass is 271 g/mol. The van der Waals surface area contributed by atoms with Crippen LogP contribution in [0.2, 0.25) is 0 Å². The van der Waals surface area contributed by atoms with Crippen LogP contribution in [0.15, 0.2) is 34.9 Å². The molecule has 1 aromatic carbocycles. The molecule has 2 aromatic rings. The second-order valence-electron chi connectivity index (χ2n) is 5.91. The van der Waals surface area contributed by atoms with E-state index in [2.05, 4.69) is 11.0 Å². The summed E-state index contributed by atoms with van der Waals surface area (Å²) in [5.41, 5.74) is 2.08. The minimum Gasteiger partial charge on any atom is -0.481 e. The summed E-state index contributed by atoms with van der Waals surface area (Å²) < 4.78 is 5.58. The van der Waals surface area contributed by atoms with Gasteiger partial charge >= 0.3 is 5.97 Å². The molecule has 4 nitrogen and oxygen atoms in total. The second kappa shape index (κ2) is 4.35. The fourth-order valence-corrected chi connectivity index (χ4v) is 3.97. The van der Waals surface area contributed by atoms with Crippen LogP contribution in [-0.4, -0.2) is 28.1 Å². The van der Waals surface area contributed by atoms with Gasteiger partial charge in [-0.2, -0.15) is 0 Å². The number of fused-ring (bicyclic) bond motifs is 3. The SMILES string of the molecule is O=C(O)C1CC2CCC1N2Cc1coc2ccccc12. The molecule has 20 heavy (non-hydrogen) atoms. The van der Waals surface area contributed by atoms with Gasteiger partial charge in [-0.1, -0.05) is 18.2 Å². The van der Waals surface area contributed by atoms with Crippen LogP contribution < -0.4 is 0 Å². The average molecular weight is 271 g/mol. The third-order valence-electron chi connectivity index (χ3n) is 4.91. The first-order valence-corrected chi connectivity index (χ1v) is 7.17. The lowest BCUT2D eigenvalue weighted by Crippen LogP contribution is -2.32. The summed E-state index contributed by atoms with van der Waals surface area (Å²) in [6.45, 7) is 0.802. The number of carbonyl (C=O) groups is 1. The Kier molecular flexibility index (Phi) is 2.60. The van der Waals surface area contributed by atoms with E-state index in [1.165, 1.54) is 5.56 Å². The number of nitrogens with zero attached hydrogens (tertiary/aromatic N) is 1. The van der Waals surface area contributed by atoms with Crippen LogP contribution in [0.1, 0.15) is 24.8 Å². The highest BCUT2D eigenvalue weighted by molar-refractivity contribution is 5.80. The predicted molar refractivity (Wildman–Crippen MR) is 74.3 cm³/mol. The molecule has 3 unspecified atom stereocenters. The van der Waals surface area contributed by atoms with E-state index in [1.54, 1.807) is 0 Å². The highest BCUT2D eigenvalue weighted by Crippen LogP contribution is 2.43. The molecule has 0 amide bonds. The molecule has 2 aliphatic rings. The molecule has 4 rings (SSSR count). The lowest BCUT2D eigenvalue weighted by Gasteiger charge is -2.22. The normalized spacial score (nSPS) is 29.3. The number of hydrogen-bond acceptors (Lipinski definition) is 3. The van der Waals surface area contributed by atoms with Crippen molar-refractivity contribution in [3.63, 3.8) is 0 Å². The highest BCUT2D eigenvalue weighted by atomic mass is 16.4. The van der Waals surface area contributed by atoms with Crippen molar-refractivity contribution in [2.45, 2.75) is 37.9 Å². The molecule has 2 aliphatic heterocycles. The maximum absolute atomic E-state index is 11.3. The first-order chi connectivity index (χ1) is 9.74. The van der Waals surface area contributed by atoms with Crippen LogP contribution in [0.25, 0.3) is 11.0 Å². The van der Waals surface area contributed by atoms with Crippen molar-refractivity contribution in [2.24, 2.45) is 5.92 Å². The third kappa shape index (κ3) is 1.68. The van der Waals surface area contributed by atoms with E-state index < -0.39 is 5.97 Å². The molecule has 2 bridgehead atoms. The van der Waals surface area contributed by atoms with Crippen LogP contribution in [0.5, 0.6) is 0 Å². The molecule has 0 spiro atoms. The molecule has 0 aliphatic carbocycles. The number of rotatable bonds is 3. The lowest BCUT2D eigenvalue weighted by molar-refractivity contribution is -0.142. The summed E-state index contributed by atoms with van der Waals surface area (Å²) in [6.07, 6.45) is 4.76. The Hall–Kier alpha value is -1.81. The molecule has 104 valence electrons. The van der Waals surface area contributed by atoms with E-state index in [1.807, 2.05) is 24.5 Å². The van der Waals surface area contributed by atoms with E-state index in [9.17, 15) is 9.90 Å². The molecule has 2 saturated heterocycles. The van der Waals surface area contributed by atoms with Crippen molar-refractivity contribution < 1.29 is 14.3 Å². The zero-order valence-corrected chi connectivity index (χ0v) is 11.2. The number of carboxylic acid groups (broad SMARTS) is 1. The van der Waals surface area contributed by atoms with Gasteiger partial charge in [0.25, 0.3) is 0 Å². The summed E-state index contributed by atoms with van der Waals surface area (Å²) in [6, 6.07) is 8.65. The second-order valence-corrected chi connectivity index (χ2v) is 5.91. The molecule has 0 radical (unpaired) electrons. The van der Waals surface area contributed by atoms with Crippen LogP contribution in [0.3, 0.4) is 0 Å². The lowest BCUT2D eigenvalue weighted by atomic mass is 9.89. The smallest absolute Gasteiger partial charge is 0.308 e. The summed E-state index contributed by atoms with van der Waals surface area (Å²) in [5, 5.41) is 10.4. The molecular weight excluding hydrogens is 254 g/mol. The minimum atomic E-state index is -0.640. The molecule has 0 saturated carbocycles. The van der Waals surface area contributed by atoms with E-state index in [0.29, 0.717) is 6.04 Å². The van der Waals surface area contributed by atoms with Crippen LogP contribution in [0, 0.1) is 5.92 Å². The van der Waals surface area contributed by atoms with Gasteiger partial charge in [0.05, 0.1) is 12.2 Å². The Morgan fingerprint density at radius 2 is 2.20 bits per heavy atom. The molecule has 1 N–H and O–H groups in total. The van der Waals surface area contributed by atoms with E-state index in [0.717, 1.165) is 36.8 Å². The standard InChI is InChI=1S/C16H17NO3/c18-16(19)13-7-11-5-6-14(13)17(11)8-10-9-20-15-4-2-1-3-12(10)15/h1-4,9,11,13-14H,5-8H2,(H,18,19). The van der Waals surface area contributed by atoms with Gasteiger partial charge in [0.15, 0.2) is 0 Å². The molecule has 3 atom stereocenters. The van der Waals surface area contributed by atoms with Crippen molar-refractivity contribution in [3.8, 4) is 0 Å². The summed E-state index contributed by atoms with van der Waals surface area (Å²) >= 11 is 0. The van der Waals surface area contributed by atoms with Gasteiger partial charge in [-0.15, -0.1) is 0 Å². The number of aliphatic carboxylic acids is 1. The molecule has 3 heterocycles. The first-order valence-electron chi connectivity index (χ1n) is 7.17. The summed E-state index contributed by atoms with van der Waals surface area (Å²) in [5.74, 6) is -0.828. The topological polar surface area (TPSA) is 53.7 Å². The molecular formula is C16H17NO3. The number of para-hydroxylation sites is 1. The maximum Gasteiger partial charge on any atom is 0.308 e. The third-order valence-corrected chi connectivity index (χ3v) is 4.91. The minimum absolute atomic E-state index is 0.188. The van der Waals surface area contributed by atoms with E-state index >= 15 is 0 Å². The quantitative estimate of drug-likeness (QED) is 0.932. The highest BCUT2D eigenvalue weighted by Gasteiger charge is 2.49. The maximum atomic E-state index is 11.3. The predicted octanol–water partition coefficient (Wildman–Crippen LogP) is 2.87. The zero-order valence-electron chi connectivity index (χ0n) is 11.2. The zero-order chi connectivity index (χ0) is 13.7. The van der Waals surface area contributed by atoms with E-state index in [4.69, 9.17) is 4.42 Å².